The topological polar surface area (TPSA) is 85.4 Å². The van der Waals surface area contributed by atoms with Crippen molar-refractivity contribution in [3.8, 4) is 11.5 Å². The predicted molar refractivity (Wildman–Crippen MR) is 113 cm³/mol. The number of hydrogen-bond donors (Lipinski definition) is 0. The monoisotopic (exact) mass is 434 g/mol. The molecular weight excluding hydrogens is 408 g/mol. The SMILES string of the molecule is CCOc1ccccc1N(CC(=O)N1CCOCC1)S(=O)(=O)c1ccc(OC)cc1. The van der Waals surface area contributed by atoms with Crippen LogP contribution in [0, 0.1) is 0 Å². The van der Waals surface area contributed by atoms with Crippen molar-refractivity contribution in [1.29, 1.82) is 0 Å². The predicted octanol–water partition coefficient (Wildman–Crippen LogP) is 2.15. The molecule has 1 fully saturated rings. The molecule has 30 heavy (non-hydrogen) atoms. The molecule has 0 aromatic heterocycles. The van der Waals surface area contributed by atoms with Gasteiger partial charge in [0.05, 0.1) is 37.5 Å². The maximum absolute atomic E-state index is 13.5. The number of morpholine rings is 1. The highest BCUT2D eigenvalue weighted by Crippen LogP contribution is 2.33. The van der Waals surface area contributed by atoms with Gasteiger partial charge in [0.1, 0.15) is 18.0 Å². The maximum Gasteiger partial charge on any atom is 0.264 e. The molecule has 9 heteroatoms. The molecule has 1 saturated heterocycles. The van der Waals surface area contributed by atoms with E-state index in [9.17, 15) is 13.2 Å². The Morgan fingerprint density at radius 3 is 2.40 bits per heavy atom. The van der Waals surface area contributed by atoms with Crippen molar-refractivity contribution < 1.29 is 27.4 Å². The minimum Gasteiger partial charge on any atom is -0.497 e. The summed E-state index contributed by atoms with van der Waals surface area (Å²) in [6.07, 6.45) is 0. The van der Waals surface area contributed by atoms with E-state index in [1.54, 1.807) is 41.3 Å². The summed E-state index contributed by atoms with van der Waals surface area (Å²) in [5.74, 6) is 0.646. The number of hydrogen-bond acceptors (Lipinski definition) is 6. The molecule has 0 N–H and O–H groups in total. The van der Waals surface area contributed by atoms with E-state index in [0.29, 0.717) is 50.1 Å². The first-order chi connectivity index (χ1) is 14.5. The van der Waals surface area contributed by atoms with Crippen LogP contribution in [0.2, 0.25) is 0 Å². The van der Waals surface area contributed by atoms with Crippen LogP contribution in [0.25, 0.3) is 0 Å². The number of para-hydroxylation sites is 2. The Morgan fingerprint density at radius 2 is 1.77 bits per heavy atom. The van der Waals surface area contributed by atoms with Gasteiger partial charge in [-0.25, -0.2) is 8.42 Å². The second kappa shape index (κ2) is 9.82. The molecule has 0 saturated carbocycles. The van der Waals surface area contributed by atoms with Crippen LogP contribution in [-0.4, -0.2) is 65.8 Å². The first kappa shape index (κ1) is 21.9. The van der Waals surface area contributed by atoms with Crippen LogP contribution in [0.5, 0.6) is 11.5 Å². The summed E-state index contributed by atoms with van der Waals surface area (Å²) >= 11 is 0. The molecule has 0 atom stereocenters. The Bertz CT molecular complexity index is 956. The lowest BCUT2D eigenvalue weighted by atomic mass is 10.3. The third kappa shape index (κ3) is 4.85. The fraction of sp³-hybridized carbons (Fsp3) is 0.381. The van der Waals surface area contributed by atoms with Crippen LogP contribution < -0.4 is 13.8 Å². The molecule has 3 rings (SSSR count). The second-order valence-corrected chi connectivity index (χ2v) is 8.44. The lowest BCUT2D eigenvalue weighted by Gasteiger charge is -2.31. The molecule has 162 valence electrons. The number of benzene rings is 2. The van der Waals surface area contributed by atoms with Gasteiger partial charge >= 0.3 is 0 Å². The van der Waals surface area contributed by atoms with Gasteiger partial charge in [-0.2, -0.15) is 0 Å². The van der Waals surface area contributed by atoms with Gasteiger partial charge < -0.3 is 19.1 Å². The minimum absolute atomic E-state index is 0.0596. The molecule has 0 aliphatic carbocycles. The number of carbonyl (C=O) groups is 1. The zero-order valence-corrected chi connectivity index (χ0v) is 17.9. The number of amides is 1. The summed E-state index contributed by atoms with van der Waals surface area (Å²) in [7, 11) is -2.53. The number of nitrogens with zero attached hydrogens (tertiary/aromatic N) is 2. The van der Waals surface area contributed by atoms with E-state index in [1.807, 2.05) is 6.92 Å². The van der Waals surface area contributed by atoms with Crippen LogP contribution in [0.1, 0.15) is 6.92 Å². The second-order valence-electron chi connectivity index (χ2n) is 6.58. The van der Waals surface area contributed by atoms with Crippen molar-refractivity contribution in [2.24, 2.45) is 0 Å². The van der Waals surface area contributed by atoms with E-state index in [0.717, 1.165) is 4.31 Å². The van der Waals surface area contributed by atoms with Crippen molar-refractivity contribution in [2.75, 3.05) is 50.9 Å². The number of anilines is 1. The van der Waals surface area contributed by atoms with Gasteiger partial charge in [-0.05, 0) is 43.3 Å². The Kier molecular flexibility index (Phi) is 7.17. The molecule has 2 aromatic rings. The van der Waals surface area contributed by atoms with Gasteiger partial charge in [-0.1, -0.05) is 12.1 Å². The number of methoxy groups -OCH3 is 1. The number of carbonyl (C=O) groups excluding carboxylic acids is 1. The molecule has 1 heterocycles. The van der Waals surface area contributed by atoms with Crippen molar-refractivity contribution >= 4 is 21.6 Å². The highest BCUT2D eigenvalue weighted by molar-refractivity contribution is 7.92. The summed E-state index contributed by atoms with van der Waals surface area (Å²) in [6.45, 7) is 3.59. The first-order valence-corrected chi connectivity index (χ1v) is 11.2. The Labute approximate surface area is 177 Å². The zero-order valence-electron chi connectivity index (χ0n) is 17.1. The zero-order chi connectivity index (χ0) is 21.6. The average Bonchev–Trinajstić information content (AvgIpc) is 2.78. The molecule has 1 aliphatic rings. The molecule has 0 radical (unpaired) electrons. The molecule has 1 aliphatic heterocycles. The largest absolute Gasteiger partial charge is 0.497 e. The van der Waals surface area contributed by atoms with Gasteiger partial charge in [0.15, 0.2) is 0 Å². The Hall–Kier alpha value is -2.78. The third-order valence-electron chi connectivity index (χ3n) is 4.72. The standard InChI is InChI=1S/C21H26N2O6S/c1-3-29-20-7-5-4-6-19(20)23(16-21(24)22-12-14-28-15-13-22)30(25,26)18-10-8-17(27-2)9-11-18/h4-11H,3,12-16H2,1-2H3. The Balaban J connectivity index is 2.01. The fourth-order valence-corrected chi connectivity index (χ4v) is 4.58. The molecule has 1 amide bonds. The van der Waals surface area contributed by atoms with Gasteiger partial charge in [0.2, 0.25) is 5.91 Å². The van der Waals surface area contributed by atoms with E-state index in [-0.39, 0.29) is 17.3 Å². The quantitative estimate of drug-likeness (QED) is 0.633. The summed E-state index contributed by atoms with van der Waals surface area (Å²) in [5, 5.41) is 0. The highest BCUT2D eigenvalue weighted by atomic mass is 32.2. The summed E-state index contributed by atoms with van der Waals surface area (Å²) in [5.41, 5.74) is 0.316. The maximum atomic E-state index is 13.5. The fourth-order valence-electron chi connectivity index (χ4n) is 3.15. The van der Waals surface area contributed by atoms with E-state index in [2.05, 4.69) is 0 Å². The number of rotatable bonds is 8. The van der Waals surface area contributed by atoms with Crippen LogP contribution in [-0.2, 0) is 19.6 Å². The van der Waals surface area contributed by atoms with E-state index >= 15 is 0 Å². The van der Waals surface area contributed by atoms with E-state index in [4.69, 9.17) is 14.2 Å². The van der Waals surface area contributed by atoms with Gasteiger partial charge in [-0.15, -0.1) is 0 Å². The highest BCUT2D eigenvalue weighted by Gasteiger charge is 2.31. The molecule has 8 nitrogen and oxygen atoms in total. The molecular formula is C21H26N2O6S. The van der Waals surface area contributed by atoms with Crippen molar-refractivity contribution in [3.05, 3.63) is 48.5 Å². The number of sulfonamides is 1. The van der Waals surface area contributed by atoms with Gasteiger partial charge in [-0.3, -0.25) is 9.10 Å². The summed E-state index contributed by atoms with van der Waals surface area (Å²) in [4.78, 5) is 14.6. The normalized spacial score (nSPS) is 14.3. The minimum atomic E-state index is -4.03. The van der Waals surface area contributed by atoms with Crippen LogP contribution in [0.4, 0.5) is 5.69 Å². The van der Waals surface area contributed by atoms with E-state index < -0.39 is 10.0 Å². The average molecular weight is 435 g/mol. The van der Waals surface area contributed by atoms with E-state index in [1.165, 1.54) is 19.2 Å². The third-order valence-corrected chi connectivity index (χ3v) is 6.50. The smallest absolute Gasteiger partial charge is 0.264 e. The summed E-state index contributed by atoms with van der Waals surface area (Å²) < 4.78 is 44.2. The molecule has 0 spiro atoms. The van der Waals surface area contributed by atoms with Crippen LogP contribution >= 0.6 is 0 Å². The lowest BCUT2D eigenvalue weighted by Crippen LogP contribution is -2.47. The van der Waals surface area contributed by atoms with Crippen molar-refractivity contribution in [2.45, 2.75) is 11.8 Å². The Morgan fingerprint density at radius 1 is 1.10 bits per heavy atom. The number of ether oxygens (including phenoxy) is 3. The van der Waals surface area contributed by atoms with Crippen LogP contribution in [0.15, 0.2) is 53.4 Å². The van der Waals surface area contributed by atoms with Crippen LogP contribution in [0.3, 0.4) is 0 Å². The van der Waals surface area contributed by atoms with Gasteiger partial charge in [0.25, 0.3) is 10.0 Å². The van der Waals surface area contributed by atoms with Crippen molar-refractivity contribution in [1.82, 2.24) is 4.90 Å². The van der Waals surface area contributed by atoms with Crippen molar-refractivity contribution in [3.63, 3.8) is 0 Å². The van der Waals surface area contributed by atoms with Gasteiger partial charge in [0, 0.05) is 13.1 Å². The summed E-state index contributed by atoms with van der Waals surface area (Å²) in [6, 6.07) is 12.9. The molecule has 0 unspecified atom stereocenters. The molecule has 0 bridgehead atoms. The molecule has 2 aromatic carbocycles. The lowest BCUT2D eigenvalue weighted by molar-refractivity contribution is -0.133. The first-order valence-electron chi connectivity index (χ1n) is 9.71.